The molecule has 0 amide bonds. The highest BCUT2D eigenvalue weighted by molar-refractivity contribution is 5.79. The van der Waals surface area contributed by atoms with Crippen LogP contribution in [0.15, 0.2) is 48.5 Å². The Morgan fingerprint density at radius 2 is 1.16 bits per heavy atom. The molecule has 3 rings (SSSR count). The Morgan fingerprint density at radius 1 is 0.742 bits per heavy atom. The van der Waals surface area contributed by atoms with Crippen LogP contribution in [0.2, 0.25) is 0 Å². The largest absolute Gasteiger partial charge is 0.497 e. The number of H-pyrrole nitrogens is 1. The number of nitrogens with one attached hydrogen (secondary N) is 1. The van der Waals surface area contributed by atoms with Crippen molar-refractivity contribution in [3.05, 3.63) is 54.4 Å². The molecule has 0 aliphatic heterocycles. The second-order valence-corrected chi connectivity index (χ2v) is 6.47. The summed E-state index contributed by atoms with van der Waals surface area (Å²) in [4.78, 5) is 5.59. The Morgan fingerprint density at radius 3 is 1.55 bits per heavy atom. The lowest BCUT2D eigenvalue weighted by Crippen LogP contribution is -2.54. The van der Waals surface area contributed by atoms with Gasteiger partial charge in [-0.25, -0.2) is 4.98 Å². The molecule has 0 unspecified atom stereocenters. The Labute approximate surface area is 172 Å². The standard InChI is InChI=1S/C20H16F6N2O3/c1-30-13-7-3-11(4-8-13)15-16(12-5-9-14(31-2)10-6-12)28-17(27-15)18(29,19(21,22)23)20(24,25)26/h3-10,29H,1-2H3,(H,27,28). The van der Waals surface area contributed by atoms with E-state index in [2.05, 4.69) is 4.98 Å². The number of aromatic amines is 1. The molecule has 0 bridgehead atoms. The van der Waals surface area contributed by atoms with Crippen molar-refractivity contribution in [1.29, 1.82) is 0 Å². The van der Waals surface area contributed by atoms with E-state index in [4.69, 9.17) is 9.47 Å². The van der Waals surface area contributed by atoms with Gasteiger partial charge in [0.2, 0.25) is 0 Å². The maximum atomic E-state index is 13.4. The van der Waals surface area contributed by atoms with Gasteiger partial charge in [0.1, 0.15) is 11.5 Å². The summed E-state index contributed by atoms with van der Waals surface area (Å²) in [6.45, 7) is 0. The summed E-state index contributed by atoms with van der Waals surface area (Å²) in [5.41, 5.74) is -5.10. The molecular weight excluding hydrogens is 430 g/mol. The van der Waals surface area contributed by atoms with Crippen molar-refractivity contribution >= 4 is 0 Å². The molecule has 1 aromatic heterocycles. The summed E-state index contributed by atoms with van der Waals surface area (Å²) < 4.78 is 90.2. The molecule has 0 atom stereocenters. The highest BCUT2D eigenvalue weighted by atomic mass is 19.4. The van der Waals surface area contributed by atoms with Gasteiger partial charge in [0.05, 0.1) is 25.6 Å². The van der Waals surface area contributed by atoms with E-state index >= 15 is 0 Å². The monoisotopic (exact) mass is 446 g/mol. The lowest BCUT2D eigenvalue weighted by Gasteiger charge is -2.30. The number of hydrogen-bond donors (Lipinski definition) is 2. The molecule has 0 saturated carbocycles. The molecule has 0 fully saturated rings. The van der Waals surface area contributed by atoms with E-state index in [0.29, 0.717) is 11.5 Å². The van der Waals surface area contributed by atoms with Crippen molar-refractivity contribution < 1.29 is 40.9 Å². The Hall–Kier alpha value is -3.21. The number of methoxy groups -OCH3 is 2. The number of rotatable bonds is 5. The molecule has 2 aromatic carbocycles. The second kappa shape index (κ2) is 7.80. The van der Waals surface area contributed by atoms with Gasteiger partial charge in [-0.2, -0.15) is 26.3 Å². The highest BCUT2D eigenvalue weighted by Gasteiger charge is 2.73. The first-order valence-electron chi connectivity index (χ1n) is 8.67. The van der Waals surface area contributed by atoms with Crippen LogP contribution in [0.4, 0.5) is 26.3 Å². The fourth-order valence-electron chi connectivity index (χ4n) is 2.90. The van der Waals surface area contributed by atoms with Crippen LogP contribution in [0.1, 0.15) is 5.82 Å². The Bertz CT molecular complexity index is 962. The van der Waals surface area contributed by atoms with Crippen molar-refractivity contribution in [3.63, 3.8) is 0 Å². The number of ether oxygens (including phenoxy) is 2. The van der Waals surface area contributed by atoms with Gasteiger partial charge in [-0.05, 0) is 48.5 Å². The van der Waals surface area contributed by atoms with Gasteiger partial charge in [-0.1, -0.05) is 0 Å². The predicted molar refractivity (Wildman–Crippen MR) is 98.6 cm³/mol. The fourth-order valence-corrected chi connectivity index (χ4v) is 2.90. The van der Waals surface area contributed by atoms with E-state index in [1.807, 2.05) is 4.98 Å². The number of aromatic nitrogens is 2. The first-order chi connectivity index (χ1) is 14.4. The van der Waals surface area contributed by atoms with Crippen molar-refractivity contribution in [3.8, 4) is 34.0 Å². The Balaban J connectivity index is 2.26. The molecule has 0 spiro atoms. The molecule has 31 heavy (non-hydrogen) atoms. The minimum Gasteiger partial charge on any atom is -0.497 e. The highest BCUT2D eigenvalue weighted by Crippen LogP contribution is 2.50. The third-order valence-corrected chi connectivity index (χ3v) is 4.61. The zero-order chi connectivity index (χ0) is 23.0. The number of benzene rings is 2. The molecular formula is C20H16F6N2O3. The molecule has 11 heteroatoms. The molecule has 0 saturated heterocycles. The number of aliphatic hydroxyl groups is 1. The molecule has 0 aliphatic rings. The van der Waals surface area contributed by atoms with Crippen molar-refractivity contribution in [2.75, 3.05) is 14.2 Å². The topological polar surface area (TPSA) is 67.4 Å². The first kappa shape index (κ1) is 22.5. The molecule has 3 aromatic rings. The predicted octanol–water partition coefficient (Wildman–Crippen LogP) is 5.07. The molecule has 2 N–H and O–H groups in total. The maximum Gasteiger partial charge on any atom is 0.433 e. The maximum absolute atomic E-state index is 13.4. The molecule has 166 valence electrons. The van der Waals surface area contributed by atoms with Gasteiger partial charge < -0.3 is 19.6 Å². The van der Waals surface area contributed by atoms with E-state index in [0.717, 1.165) is 0 Å². The van der Waals surface area contributed by atoms with E-state index in [9.17, 15) is 31.4 Å². The summed E-state index contributed by atoms with van der Waals surface area (Å²) in [6.07, 6.45) is -12.1. The van der Waals surface area contributed by atoms with Crippen LogP contribution in [0, 0.1) is 0 Å². The summed E-state index contributed by atoms with van der Waals surface area (Å²) in [6, 6.07) is 11.6. The smallest absolute Gasteiger partial charge is 0.433 e. The lowest BCUT2D eigenvalue weighted by atomic mass is 10.0. The zero-order valence-electron chi connectivity index (χ0n) is 16.1. The summed E-state index contributed by atoms with van der Waals surface area (Å²) in [5, 5.41) is 9.77. The van der Waals surface area contributed by atoms with E-state index < -0.39 is 23.8 Å². The Kier molecular flexibility index (Phi) is 5.66. The molecule has 0 aliphatic carbocycles. The first-order valence-corrected chi connectivity index (χ1v) is 8.67. The van der Waals surface area contributed by atoms with Crippen LogP contribution in [-0.2, 0) is 5.60 Å². The molecule has 5 nitrogen and oxygen atoms in total. The fraction of sp³-hybridized carbons (Fsp3) is 0.250. The van der Waals surface area contributed by atoms with Crippen LogP contribution in [0.5, 0.6) is 11.5 Å². The zero-order valence-corrected chi connectivity index (χ0v) is 16.1. The third kappa shape index (κ3) is 3.92. The SMILES string of the molecule is COc1ccc(-c2nc(C(O)(C(F)(F)F)C(F)(F)F)[nH]c2-c2ccc(OC)cc2)cc1. The third-order valence-electron chi connectivity index (χ3n) is 4.61. The van der Waals surface area contributed by atoms with Crippen LogP contribution in [-0.4, -0.2) is 41.6 Å². The number of nitrogens with zero attached hydrogens (tertiary/aromatic N) is 1. The minimum atomic E-state index is -6.07. The van der Waals surface area contributed by atoms with Gasteiger partial charge in [-0.3, -0.25) is 0 Å². The number of alkyl halides is 6. The van der Waals surface area contributed by atoms with Crippen LogP contribution in [0.25, 0.3) is 22.5 Å². The average molecular weight is 446 g/mol. The number of hydrogen-bond acceptors (Lipinski definition) is 4. The van der Waals surface area contributed by atoms with Crippen LogP contribution >= 0.6 is 0 Å². The molecule has 1 heterocycles. The van der Waals surface area contributed by atoms with Crippen molar-refractivity contribution in [2.45, 2.75) is 18.0 Å². The van der Waals surface area contributed by atoms with Crippen molar-refractivity contribution in [2.24, 2.45) is 0 Å². The quantitative estimate of drug-likeness (QED) is 0.537. The normalized spacial score (nSPS) is 12.7. The van der Waals surface area contributed by atoms with E-state index in [-0.39, 0.29) is 22.5 Å². The second-order valence-electron chi connectivity index (χ2n) is 6.47. The van der Waals surface area contributed by atoms with Crippen molar-refractivity contribution in [1.82, 2.24) is 9.97 Å². The van der Waals surface area contributed by atoms with E-state index in [1.165, 1.54) is 62.8 Å². The number of imidazole rings is 1. The van der Waals surface area contributed by atoms with Gasteiger partial charge in [-0.15, -0.1) is 0 Å². The van der Waals surface area contributed by atoms with Gasteiger partial charge in [0.15, 0.2) is 5.82 Å². The molecule has 0 radical (unpaired) electrons. The van der Waals surface area contributed by atoms with E-state index in [1.54, 1.807) is 0 Å². The van der Waals surface area contributed by atoms with Gasteiger partial charge >= 0.3 is 18.0 Å². The summed E-state index contributed by atoms with van der Waals surface area (Å²) in [5.74, 6) is -0.840. The van der Waals surface area contributed by atoms with Crippen LogP contribution < -0.4 is 9.47 Å². The van der Waals surface area contributed by atoms with Gasteiger partial charge in [0, 0.05) is 11.1 Å². The summed E-state index contributed by atoms with van der Waals surface area (Å²) >= 11 is 0. The number of halogens is 6. The lowest BCUT2D eigenvalue weighted by molar-refractivity contribution is -0.378. The summed E-state index contributed by atoms with van der Waals surface area (Å²) in [7, 11) is 2.80. The van der Waals surface area contributed by atoms with Crippen LogP contribution in [0.3, 0.4) is 0 Å². The van der Waals surface area contributed by atoms with Gasteiger partial charge in [0.25, 0.3) is 0 Å². The minimum absolute atomic E-state index is 0.144. The average Bonchev–Trinajstić information content (AvgIpc) is 3.17.